The standard InChI is InChI=1S/C6H10O3S/c1-5(2-7)3-10-4-6(8)9/h2,5H,3-4H2,1H3,(H,8,9). The van der Waals surface area contributed by atoms with Crippen LogP contribution in [-0.2, 0) is 9.59 Å². The Morgan fingerprint density at radius 3 is 2.80 bits per heavy atom. The van der Waals surface area contributed by atoms with Gasteiger partial charge in [0.05, 0.1) is 5.75 Å². The van der Waals surface area contributed by atoms with E-state index >= 15 is 0 Å². The summed E-state index contributed by atoms with van der Waals surface area (Å²) >= 11 is 1.26. The maximum Gasteiger partial charge on any atom is 0.313 e. The molecule has 0 rings (SSSR count). The van der Waals surface area contributed by atoms with Crippen molar-refractivity contribution in [3.8, 4) is 0 Å². The van der Waals surface area contributed by atoms with Crippen LogP contribution >= 0.6 is 11.8 Å². The zero-order valence-corrected chi connectivity index (χ0v) is 6.56. The van der Waals surface area contributed by atoms with Crippen LogP contribution in [0.25, 0.3) is 0 Å². The second-order valence-electron chi connectivity index (χ2n) is 2.02. The molecular formula is C6H10O3S. The molecule has 0 radical (unpaired) electrons. The molecule has 1 unspecified atom stereocenters. The minimum atomic E-state index is -0.830. The van der Waals surface area contributed by atoms with Crippen molar-refractivity contribution in [3.05, 3.63) is 0 Å². The van der Waals surface area contributed by atoms with Crippen molar-refractivity contribution in [2.75, 3.05) is 11.5 Å². The lowest BCUT2D eigenvalue weighted by Crippen LogP contribution is -2.04. The van der Waals surface area contributed by atoms with Gasteiger partial charge in [0.25, 0.3) is 0 Å². The van der Waals surface area contributed by atoms with Crippen LogP contribution in [0.4, 0.5) is 0 Å². The van der Waals surface area contributed by atoms with Crippen molar-refractivity contribution in [1.82, 2.24) is 0 Å². The lowest BCUT2D eigenvalue weighted by atomic mass is 10.3. The molecule has 0 heterocycles. The van der Waals surface area contributed by atoms with E-state index in [-0.39, 0.29) is 11.7 Å². The average Bonchev–Trinajstić information content (AvgIpc) is 1.87. The molecule has 10 heavy (non-hydrogen) atoms. The highest BCUT2D eigenvalue weighted by molar-refractivity contribution is 7.99. The van der Waals surface area contributed by atoms with Crippen molar-refractivity contribution in [2.24, 2.45) is 5.92 Å². The number of carboxylic acid groups (broad SMARTS) is 1. The summed E-state index contributed by atoms with van der Waals surface area (Å²) in [5.74, 6) is -0.194. The van der Waals surface area contributed by atoms with Gasteiger partial charge in [-0.05, 0) is 0 Å². The van der Waals surface area contributed by atoms with Crippen LogP contribution in [0.15, 0.2) is 0 Å². The van der Waals surface area contributed by atoms with Crippen molar-refractivity contribution in [2.45, 2.75) is 6.92 Å². The number of hydrogen-bond donors (Lipinski definition) is 1. The molecular weight excluding hydrogens is 152 g/mol. The Kier molecular flexibility index (Phi) is 5.02. The predicted octanol–water partition coefficient (Wildman–Crippen LogP) is 0.639. The average molecular weight is 162 g/mol. The third-order valence-electron chi connectivity index (χ3n) is 0.839. The Balaban J connectivity index is 3.19. The van der Waals surface area contributed by atoms with Crippen LogP contribution in [0.1, 0.15) is 6.92 Å². The molecule has 1 N–H and O–H groups in total. The summed E-state index contributed by atoms with van der Waals surface area (Å²) in [7, 11) is 0. The molecule has 0 aliphatic carbocycles. The number of hydrogen-bond acceptors (Lipinski definition) is 3. The molecule has 4 heteroatoms. The highest BCUT2D eigenvalue weighted by atomic mass is 32.2. The number of carboxylic acids is 1. The number of carbonyl (C=O) groups excluding carboxylic acids is 1. The van der Waals surface area contributed by atoms with Crippen molar-refractivity contribution >= 4 is 24.0 Å². The minimum Gasteiger partial charge on any atom is -0.481 e. The van der Waals surface area contributed by atoms with Gasteiger partial charge >= 0.3 is 5.97 Å². The summed E-state index contributed by atoms with van der Waals surface area (Å²) in [6.07, 6.45) is 0.828. The maximum absolute atomic E-state index is 10.0. The van der Waals surface area contributed by atoms with E-state index in [1.54, 1.807) is 6.92 Å². The highest BCUT2D eigenvalue weighted by Crippen LogP contribution is 2.04. The van der Waals surface area contributed by atoms with E-state index in [0.29, 0.717) is 5.75 Å². The number of aliphatic carboxylic acids is 1. The molecule has 58 valence electrons. The second kappa shape index (κ2) is 5.29. The number of carbonyl (C=O) groups is 2. The quantitative estimate of drug-likeness (QED) is 0.603. The van der Waals surface area contributed by atoms with Gasteiger partial charge in [0.15, 0.2) is 0 Å². The van der Waals surface area contributed by atoms with Gasteiger partial charge in [0, 0.05) is 11.7 Å². The van der Waals surface area contributed by atoms with Gasteiger partial charge in [0.2, 0.25) is 0 Å². The Labute approximate surface area is 63.8 Å². The Morgan fingerprint density at radius 2 is 2.40 bits per heavy atom. The molecule has 0 aromatic rings. The van der Waals surface area contributed by atoms with Gasteiger partial charge in [-0.2, -0.15) is 0 Å². The SMILES string of the molecule is CC(C=O)CSCC(=O)O. The molecule has 0 aliphatic rings. The van der Waals surface area contributed by atoms with Crippen molar-refractivity contribution in [1.29, 1.82) is 0 Å². The zero-order chi connectivity index (χ0) is 7.98. The maximum atomic E-state index is 10.0. The van der Waals surface area contributed by atoms with Gasteiger partial charge in [-0.25, -0.2) is 0 Å². The van der Waals surface area contributed by atoms with E-state index in [1.807, 2.05) is 0 Å². The van der Waals surface area contributed by atoms with Crippen LogP contribution in [0.2, 0.25) is 0 Å². The first-order valence-corrected chi connectivity index (χ1v) is 4.07. The molecule has 0 saturated carbocycles. The van der Waals surface area contributed by atoms with Gasteiger partial charge in [-0.1, -0.05) is 6.92 Å². The summed E-state index contributed by atoms with van der Waals surface area (Å²) < 4.78 is 0. The van der Waals surface area contributed by atoms with Gasteiger partial charge in [-0.3, -0.25) is 4.79 Å². The largest absolute Gasteiger partial charge is 0.481 e. The first-order valence-electron chi connectivity index (χ1n) is 2.91. The zero-order valence-electron chi connectivity index (χ0n) is 5.74. The molecule has 0 saturated heterocycles. The van der Waals surface area contributed by atoms with E-state index < -0.39 is 5.97 Å². The Morgan fingerprint density at radius 1 is 1.80 bits per heavy atom. The normalized spacial score (nSPS) is 12.5. The summed E-state index contributed by atoms with van der Waals surface area (Å²) in [5.41, 5.74) is 0. The molecule has 0 aromatic heterocycles. The second-order valence-corrected chi connectivity index (χ2v) is 3.05. The molecule has 3 nitrogen and oxygen atoms in total. The highest BCUT2D eigenvalue weighted by Gasteiger charge is 2.01. The fourth-order valence-corrected chi connectivity index (χ4v) is 1.11. The minimum absolute atomic E-state index is 0.0376. The number of rotatable bonds is 5. The number of thioether (sulfide) groups is 1. The van der Waals surface area contributed by atoms with E-state index in [9.17, 15) is 9.59 Å². The van der Waals surface area contributed by atoms with Crippen LogP contribution < -0.4 is 0 Å². The Bertz CT molecular complexity index is 124. The third kappa shape index (κ3) is 5.62. The van der Waals surface area contributed by atoms with E-state index in [0.717, 1.165) is 6.29 Å². The first kappa shape index (κ1) is 9.49. The van der Waals surface area contributed by atoms with Gasteiger partial charge in [0.1, 0.15) is 6.29 Å². The lowest BCUT2D eigenvalue weighted by molar-refractivity contribution is -0.133. The smallest absolute Gasteiger partial charge is 0.313 e. The fraction of sp³-hybridized carbons (Fsp3) is 0.667. The summed E-state index contributed by atoms with van der Waals surface area (Å²) in [4.78, 5) is 20.0. The molecule has 0 fully saturated rings. The Hall–Kier alpha value is -0.510. The number of aldehydes is 1. The molecule has 0 bridgehead atoms. The fourth-order valence-electron chi connectivity index (χ4n) is 0.371. The van der Waals surface area contributed by atoms with E-state index in [1.165, 1.54) is 11.8 Å². The van der Waals surface area contributed by atoms with Crippen molar-refractivity contribution < 1.29 is 14.7 Å². The van der Waals surface area contributed by atoms with Crippen LogP contribution in [-0.4, -0.2) is 28.9 Å². The van der Waals surface area contributed by atoms with Crippen LogP contribution in [0.3, 0.4) is 0 Å². The van der Waals surface area contributed by atoms with E-state index in [2.05, 4.69) is 0 Å². The van der Waals surface area contributed by atoms with Crippen molar-refractivity contribution in [3.63, 3.8) is 0 Å². The first-order chi connectivity index (χ1) is 4.66. The van der Waals surface area contributed by atoms with Crippen LogP contribution in [0, 0.1) is 5.92 Å². The van der Waals surface area contributed by atoms with Gasteiger partial charge in [-0.15, -0.1) is 11.8 Å². The molecule has 0 spiro atoms. The summed E-state index contributed by atoms with van der Waals surface area (Å²) in [6.45, 7) is 1.77. The summed E-state index contributed by atoms with van der Waals surface area (Å²) in [5, 5.41) is 8.19. The van der Waals surface area contributed by atoms with Crippen LogP contribution in [0.5, 0.6) is 0 Å². The van der Waals surface area contributed by atoms with Gasteiger partial charge < -0.3 is 9.90 Å². The third-order valence-corrected chi connectivity index (χ3v) is 2.05. The topological polar surface area (TPSA) is 54.4 Å². The molecule has 1 atom stereocenters. The molecule has 0 aliphatic heterocycles. The predicted molar refractivity (Wildman–Crippen MR) is 40.2 cm³/mol. The monoisotopic (exact) mass is 162 g/mol. The van der Waals surface area contributed by atoms with E-state index in [4.69, 9.17) is 5.11 Å². The molecule has 0 amide bonds. The lowest BCUT2D eigenvalue weighted by Gasteiger charge is -1.98. The summed E-state index contributed by atoms with van der Waals surface area (Å²) in [6, 6.07) is 0. The molecule has 0 aromatic carbocycles.